The van der Waals surface area contributed by atoms with E-state index >= 15 is 0 Å². The quantitative estimate of drug-likeness (QED) is 0.147. The Labute approximate surface area is 240 Å². The molecule has 0 bridgehead atoms. The van der Waals surface area contributed by atoms with Gasteiger partial charge in [0.15, 0.2) is 17.3 Å². The maximum absolute atomic E-state index is 13.4. The molecule has 0 atom stereocenters. The number of aromatic nitrogens is 3. The van der Waals surface area contributed by atoms with Crippen LogP contribution < -0.4 is 24.0 Å². The Morgan fingerprint density at radius 3 is 2.02 bits per heavy atom. The second-order valence-corrected chi connectivity index (χ2v) is 9.89. The predicted molar refractivity (Wildman–Crippen MR) is 150 cm³/mol. The van der Waals surface area contributed by atoms with Crippen LogP contribution in [0.3, 0.4) is 0 Å². The molecule has 1 aliphatic heterocycles. The van der Waals surface area contributed by atoms with Gasteiger partial charge in [-0.25, -0.2) is 0 Å². The van der Waals surface area contributed by atoms with Gasteiger partial charge in [-0.1, -0.05) is 58.8 Å². The van der Waals surface area contributed by atoms with Gasteiger partial charge in [-0.15, -0.1) is 5.10 Å². The molecule has 0 aliphatic carbocycles. The number of aryl methyl sites for hydroxylation is 1. The Morgan fingerprint density at radius 1 is 0.854 bits per heavy atom. The zero-order valence-electron chi connectivity index (χ0n) is 22.7. The first-order valence-electron chi connectivity index (χ1n) is 12.4. The SMILES string of the molecule is COc1cc(COc2nnc(SCC(=O)c3ccc(C)cc3)n2N2C(=O)c3ccccc3C2=O)cc(OC)c1OC. The summed E-state index contributed by atoms with van der Waals surface area (Å²) in [5.41, 5.74) is 2.70. The summed E-state index contributed by atoms with van der Waals surface area (Å²) in [6.45, 7) is 1.90. The number of rotatable bonds is 11. The third kappa shape index (κ3) is 5.33. The molecule has 12 heteroatoms. The number of methoxy groups -OCH3 is 3. The molecule has 0 spiro atoms. The smallest absolute Gasteiger partial charge is 0.338 e. The van der Waals surface area contributed by atoms with Gasteiger partial charge in [0.05, 0.1) is 38.2 Å². The first-order valence-corrected chi connectivity index (χ1v) is 13.4. The highest BCUT2D eigenvalue weighted by atomic mass is 32.2. The molecule has 0 unspecified atom stereocenters. The molecule has 41 heavy (non-hydrogen) atoms. The summed E-state index contributed by atoms with van der Waals surface area (Å²) in [4.78, 5) is 39.6. The van der Waals surface area contributed by atoms with E-state index in [0.29, 0.717) is 28.4 Å². The fraction of sp³-hybridized carbons (Fsp3) is 0.207. The van der Waals surface area contributed by atoms with Gasteiger partial charge >= 0.3 is 6.01 Å². The molecule has 0 radical (unpaired) electrons. The van der Waals surface area contributed by atoms with E-state index in [-0.39, 0.29) is 40.4 Å². The molecule has 0 saturated heterocycles. The van der Waals surface area contributed by atoms with E-state index in [4.69, 9.17) is 18.9 Å². The largest absolute Gasteiger partial charge is 0.493 e. The first kappa shape index (κ1) is 27.7. The molecule has 3 aromatic carbocycles. The number of hydrogen-bond donors (Lipinski definition) is 0. The Hall–Kier alpha value is -4.84. The number of carbonyl (C=O) groups is 3. The molecule has 2 heterocycles. The monoisotopic (exact) mass is 574 g/mol. The molecular weight excluding hydrogens is 548 g/mol. The maximum atomic E-state index is 13.4. The van der Waals surface area contributed by atoms with Crippen LogP contribution >= 0.6 is 11.8 Å². The van der Waals surface area contributed by atoms with Gasteiger partial charge in [-0.05, 0) is 36.8 Å². The lowest BCUT2D eigenvalue weighted by molar-refractivity contribution is 0.0871. The topological polar surface area (TPSA) is 122 Å². The van der Waals surface area contributed by atoms with Crippen molar-refractivity contribution in [1.82, 2.24) is 14.9 Å². The van der Waals surface area contributed by atoms with Crippen LogP contribution in [0.15, 0.2) is 65.8 Å². The van der Waals surface area contributed by atoms with Crippen molar-refractivity contribution < 1.29 is 33.3 Å². The second kappa shape index (κ2) is 11.7. The summed E-state index contributed by atoms with van der Waals surface area (Å²) in [7, 11) is 4.51. The minimum absolute atomic E-state index is 0.00274. The lowest BCUT2D eigenvalue weighted by Crippen LogP contribution is -2.40. The minimum atomic E-state index is -0.560. The lowest BCUT2D eigenvalue weighted by atomic mass is 10.1. The summed E-state index contributed by atoms with van der Waals surface area (Å²) in [5.74, 6) is 0.00877. The van der Waals surface area contributed by atoms with Crippen molar-refractivity contribution in [3.63, 3.8) is 0 Å². The third-order valence-electron chi connectivity index (χ3n) is 6.35. The maximum Gasteiger partial charge on any atom is 0.338 e. The molecule has 0 N–H and O–H groups in total. The van der Waals surface area contributed by atoms with Crippen LogP contribution in [-0.2, 0) is 6.61 Å². The fourth-order valence-corrected chi connectivity index (χ4v) is 5.09. The van der Waals surface area contributed by atoms with Crippen LogP contribution in [0, 0.1) is 6.92 Å². The van der Waals surface area contributed by atoms with Crippen molar-refractivity contribution >= 4 is 29.4 Å². The van der Waals surface area contributed by atoms with Crippen LogP contribution in [0.5, 0.6) is 23.3 Å². The standard InChI is InChI=1S/C29H26N4O7S/c1-17-9-11-19(12-10-17)22(34)16-41-29-31-30-28(33(29)32-26(35)20-7-5-6-8-21(20)27(32)36)40-15-18-13-23(37-2)25(39-4)24(14-18)38-3/h5-14H,15-16H2,1-4H3. The van der Waals surface area contributed by atoms with Crippen LogP contribution in [0.2, 0.25) is 0 Å². The van der Waals surface area contributed by atoms with Crippen LogP contribution in [0.25, 0.3) is 0 Å². The van der Waals surface area contributed by atoms with Gasteiger partial charge in [-0.2, -0.15) is 9.69 Å². The molecule has 2 amide bonds. The molecule has 4 aromatic rings. The fourth-order valence-electron chi connectivity index (χ4n) is 4.28. The molecule has 1 aliphatic rings. The van der Waals surface area contributed by atoms with E-state index < -0.39 is 11.8 Å². The van der Waals surface area contributed by atoms with E-state index in [1.54, 1.807) is 48.5 Å². The number of hydrogen-bond acceptors (Lipinski definition) is 10. The number of imide groups is 1. The van der Waals surface area contributed by atoms with Crippen molar-refractivity contribution in [3.8, 4) is 23.3 Å². The number of nitrogens with zero attached hydrogens (tertiary/aromatic N) is 4. The molecule has 5 rings (SSSR count). The van der Waals surface area contributed by atoms with E-state index in [0.717, 1.165) is 22.3 Å². The van der Waals surface area contributed by atoms with Crippen molar-refractivity contribution in [2.45, 2.75) is 18.7 Å². The van der Waals surface area contributed by atoms with Gasteiger partial charge < -0.3 is 18.9 Å². The summed E-state index contributed by atoms with van der Waals surface area (Å²) in [6, 6.07) is 17.0. The molecular formula is C29H26N4O7S. The van der Waals surface area contributed by atoms with E-state index in [9.17, 15) is 14.4 Å². The number of ether oxygens (including phenoxy) is 4. The van der Waals surface area contributed by atoms with E-state index in [1.165, 1.54) is 26.0 Å². The summed E-state index contributed by atoms with van der Waals surface area (Å²) < 4.78 is 23.4. The van der Waals surface area contributed by atoms with Gasteiger partial charge in [-0.3, -0.25) is 14.4 Å². The van der Waals surface area contributed by atoms with Gasteiger partial charge in [0.25, 0.3) is 11.8 Å². The Balaban J connectivity index is 1.46. The van der Waals surface area contributed by atoms with Crippen molar-refractivity contribution in [2.75, 3.05) is 32.1 Å². The average Bonchev–Trinajstić information content (AvgIpc) is 3.50. The highest BCUT2D eigenvalue weighted by molar-refractivity contribution is 7.99. The molecule has 0 saturated carbocycles. The molecule has 0 fully saturated rings. The number of benzene rings is 3. The number of fused-ring (bicyclic) bond motifs is 1. The van der Waals surface area contributed by atoms with Gasteiger partial charge in [0.2, 0.25) is 10.9 Å². The minimum Gasteiger partial charge on any atom is -0.493 e. The summed E-state index contributed by atoms with van der Waals surface area (Å²) in [6.07, 6.45) is 0. The lowest BCUT2D eigenvalue weighted by Gasteiger charge is -2.19. The van der Waals surface area contributed by atoms with Crippen LogP contribution in [0.1, 0.15) is 42.2 Å². The Bertz CT molecular complexity index is 1570. The number of carbonyl (C=O) groups excluding carboxylic acids is 3. The zero-order chi connectivity index (χ0) is 29.1. The van der Waals surface area contributed by atoms with E-state index in [2.05, 4.69) is 10.2 Å². The third-order valence-corrected chi connectivity index (χ3v) is 7.27. The number of Topliss-reactive ketones (excluding diaryl/α,β-unsaturated/α-hetero) is 1. The van der Waals surface area contributed by atoms with Crippen LogP contribution in [-0.4, -0.2) is 59.6 Å². The predicted octanol–water partition coefficient (Wildman–Crippen LogP) is 4.10. The highest BCUT2D eigenvalue weighted by Crippen LogP contribution is 2.38. The summed E-state index contributed by atoms with van der Waals surface area (Å²) in [5, 5.41) is 9.34. The number of ketones is 1. The van der Waals surface area contributed by atoms with E-state index in [1.807, 2.05) is 19.1 Å². The molecule has 1 aromatic heterocycles. The number of amides is 2. The highest BCUT2D eigenvalue weighted by Gasteiger charge is 2.40. The number of thioether (sulfide) groups is 1. The van der Waals surface area contributed by atoms with Crippen molar-refractivity contribution in [1.29, 1.82) is 0 Å². The van der Waals surface area contributed by atoms with Crippen LogP contribution in [0.4, 0.5) is 0 Å². The molecule has 210 valence electrons. The van der Waals surface area contributed by atoms with Crippen molar-refractivity contribution in [3.05, 3.63) is 88.5 Å². The Morgan fingerprint density at radius 2 is 1.46 bits per heavy atom. The Kier molecular flexibility index (Phi) is 7.92. The van der Waals surface area contributed by atoms with Crippen molar-refractivity contribution in [2.24, 2.45) is 0 Å². The molecule has 11 nitrogen and oxygen atoms in total. The normalized spacial score (nSPS) is 12.3. The first-order chi connectivity index (χ1) is 19.9. The van der Waals surface area contributed by atoms with Gasteiger partial charge in [0.1, 0.15) is 6.61 Å². The summed E-state index contributed by atoms with van der Waals surface area (Å²) >= 11 is 1.04. The second-order valence-electron chi connectivity index (χ2n) is 8.94. The van der Waals surface area contributed by atoms with Gasteiger partial charge in [0, 0.05) is 5.56 Å². The average molecular weight is 575 g/mol. The zero-order valence-corrected chi connectivity index (χ0v) is 23.6.